The Morgan fingerprint density at radius 3 is 2.55 bits per heavy atom. The third-order valence-corrected chi connectivity index (χ3v) is 14.6. The summed E-state index contributed by atoms with van der Waals surface area (Å²) in [4.78, 5) is 92.4. The van der Waals surface area contributed by atoms with E-state index in [2.05, 4.69) is 33.7 Å². The van der Waals surface area contributed by atoms with Gasteiger partial charge in [0.05, 0.1) is 38.9 Å². The van der Waals surface area contributed by atoms with Gasteiger partial charge in [-0.05, 0) is 55.4 Å². The van der Waals surface area contributed by atoms with E-state index < -0.39 is 80.4 Å². The molecule has 4 heterocycles. The van der Waals surface area contributed by atoms with Crippen LogP contribution in [0, 0.1) is 0 Å². The Hall–Kier alpha value is -4.57. The van der Waals surface area contributed by atoms with Crippen molar-refractivity contribution in [3.8, 4) is 16.3 Å². The zero-order valence-electron chi connectivity index (χ0n) is 33.0. The van der Waals surface area contributed by atoms with E-state index in [0.717, 1.165) is 28.2 Å². The highest BCUT2D eigenvalue weighted by Gasteiger charge is 2.43. The number of ether oxygens (including phenoxy) is 2. The second-order valence-corrected chi connectivity index (χ2v) is 20.6. The summed E-state index contributed by atoms with van der Waals surface area (Å²) in [5.41, 5.74) is -1.60. The second-order valence-electron chi connectivity index (χ2n) is 13.7. The number of hydrogen-bond acceptors (Lipinski definition) is 20. The number of thiazole rings is 1. The number of fused-ring (bicyclic) bond motifs is 2. The minimum Gasteiger partial charge on any atom is -0.744 e. The summed E-state index contributed by atoms with van der Waals surface area (Å²) < 4.78 is 98.5. The minimum absolute atomic E-state index is 0.00700. The molecule has 2 unspecified atom stereocenters. The number of H-pyrrole nitrogens is 1. The number of rotatable bonds is 21. The molecule has 0 spiro atoms. The fourth-order valence-electron chi connectivity index (χ4n) is 6.04. The number of nitrogens with one attached hydrogen (secondary N) is 3. The average molecular weight is 1010 g/mol. The largest absolute Gasteiger partial charge is 0.744 e. The number of aromatic amines is 1. The normalized spacial score (nSPS) is 18.8. The number of hydrogen-bond donors (Lipinski definition) is 8. The maximum Gasteiger partial charge on any atom is 0.490 e. The van der Waals surface area contributed by atoms with Crippen molar-refractivity contribution in [2.24, 2.45) is 0 Å². The van der Waals surface area contributed by atoms with Crippen LogP contribution in [0.1, 0.15) is 31.1 Å². The van der Waals surface area contributed by atoms with Gasteiger partial charge in [-0.25, -0.2) is 36.7 Å². The van der Waals surface area contributed by atoms with Gasteiger partial charge in [0.15, 0.2) is 0 Å². The first-order chi connectivity index (χ1) is 30.4. The molecule has 1 aliphatic heterocycles. The van der Waals surface area contributed by atoms with Gasteiger partial charge in [-0.15, -0.1) is 11.3 Å². The quantitative estimate of drug-likeness (QED) is 0.0223. The molecule has 2 aromatic carbocycles. The first-order valence-corrected chi connectivity index (χ1v) is 25.4. The Balaban J connectivity index is 0.909. The van der Waals surface area contributed by atoms with E-state index in [-0.39, 0.29) is 48.0 Å². The first-order valence-electron chi connectivity index (χ1n) is 18.6. The van der Waals surface area contributed by atoms with Crippen LogP contribution in [0.4, 0.5) is 0 Å². The van der Waals surface area contributed by atoms with Crippen LogP contribution in [0.5, 0.6) is 5.75 Å². The predicted molar refractivity (Wildman–Crippen MR) is 224 cm³/mol. The molecule has 8 N–H and O–H groups in total. The summed E-state index contributed by atoms with van der Waals surface area (Å²) in [6.45, 7) is 0.183. The van der Waals surface area contributed by atoms with Crippen molar-refractivity contribution in [1.29, 1.82) is 0 Å². The van der Waals surface area contributed by atoms with Crippen molar-refractivity contribution < 1.29 is 83.2 Å². The molecule has 1 aliphatic rings. The van der Waals surface area contributed by atoms with E-state index in [0.29, 0.717) is 46.4 Å². The molecule has 5 aromatic rings. The lowest BCUT2D eigenvalue weighted by Crippen LogP contribution is -2.33. The van der Waals surface area contributed by atoms with Gasteiger partial charge in [0.25, 0.3) is 5.56 Å². The summed E-state index contributed by atoms with van der Waals surface area (Å²) in [5, 5.41) is 17.0. The molecule has 6 rings (SSSR count). The number of aromatic nitrogens is 3. The maximum absolute atomic E-state index is 12.8. The molecule has 5 atom stereocenters. The SMILES string of the molecule is O=C(CCCNCCOc1ccc2oc(=O)c(-c3nc4ccc(S(=O)(=O)[O-])cc4s3)cc2c1)NC/C=C/c1cn([C@H]2C[C@H](O)[C@@H](COP(=O)(O)OP(=O)(O)OP(=O)(O)O)O2)c(=O)[nH]c1=O. The Labute approximate surface area is 368 Å². The zero-order chi connectivity index (χ0) is 47.3. The monoisotopic (exact) mass is 1010 g/mol. The molecule has 0 aliphatic carbocycles. The van der Waals surface area contributed by atoms with E-state index in [1.807, 2.05) is 0 Å². The van der Waals surface area contributed by atoms with Gasteiger partial charge in [0.2, 0.25) is 5.91 Å². The topological polar surface area (TPSA) is 395 Å². The predicted octanol–water partition coefficient (Wildman–Crippen LogP) is 1.39. The Kier molecular flexibility index (Phi) is 15.7. The number of carbonyl (C=O) groups excluding carboxylic acids is 1. The Bertz CT molecular complexity index is 3060. The third kappa shape index (κ3) is 14.0. The maximum atomic E-state index is 12.8. The average Bonchev–Trinajstić information content (AvgIpc) is 3.79. The first kappa shape index (κ1) is 49.9. The molecular weight excluding hydrogens is 971 g/mol. The number of carbonyl (C=O) groups is 1. The van der Waals surface area contributed by atoms with Gasteiger partial charge in [0, 0.05) is 37.5 Å². The van der Waals surface area contributed by atoms with Crippen molar-refractivity contribution in [2.45, 2.75) is 42.6 Å². The number of nitrogens with zero attached hydrogens (tertiary/aromatic N) is 2. The summed E-state index contributed by atoms with van der Waals surface area (Å²) in [7, 11) is -21.6. The smallest absolute Gasteiger partial charge is 0.490 e. The van der Waals surface area contributed by atoms with Gasteiger partial charge in [-0.3, -0.25) is 23.7 Å². The van der Waals surface area contributed by atoms with Gasteiger partial charge in [-0.1, -0.05) is 12.2 Å². The third-order valence-electron chi connectivity index (χ3n) is 8.93. The molecule has 65 heavy (non-hydrogen) atoms. The van der Waals surface area contributed by atoms with Crippen LogP contribution in [-0.2, 0) is 46.5 Å². The molecular formula is C34H37N5O21P3S2-. The molecule has 0 bridgehead atoms. The van der Waals surface area contributed by atoms with Crippen LogP contribution in [0.15, 0.2) is 78.4 Å². The number of aliphatic hydroxyl groups excluding tert-OH is 1. The van der Waals surface area contributed by atoms with Gasteiger partial charge < -0.3 is 53.8 Å². The van der Waals surface area contributed by atoms with Gasteiger partial charge in [-0.2, -0.15) is 8.62 Å². The van der Waals surface area contributed by atoms with Crippen molar-refractivity contribution in [3.05, 3.63) is 91.6 Å². The van der Waals surface area contributed by atoms with Crippen molar-refractivity contribution in [2.75, 3.05) is 32.8 Å². The zero-order valence-corrected chi connectivity index (χ0v) is 37.3. The van der Waals surface area contributed by atoms with E-state index in [4.69, 9.17) is 23.7 Å². The Morgan fingerprint density at radius 2 is 1.82 bits per heavy atom. The van der Waals surface area contributed by atoms with Crippen molar-refractivity contribution in [1.82, 2.24) is 25.2 Å². The van der Waals surface area contributed by atoms with Crippen LogP contribution in [0.2, 0.25) is 0 Å². The van der Waals surface area contributed by atoms with E-state index in [9.17, 15) is 60.7 Å². The standard InChI is InChI=1S/C34H38N5O21P3S2/c40-25-16-30(57-27(25)18-56-62(48,49)60-63(50,51)59-61(45,46)47)39-17-19(31(42)38-34(39)44)3-1-10-36-29(41)4-2-9-35-11-12-55-21-5-8-26-20(13-21)14-23(33(43)58-26)32-37-24-7-6-22(65(52,53)54)15-28(24)64-32/h1,3,5-8,13-15,17,25,27,30,35,40H,2,4,9-12,16,18H2,(H,36,41)(H,48,49)(H,50,51)(H,38,42,44)(H2,45,46,47)(H,52,53,54)/p-1/b3-1+/t25-,27+,30+/m0/s1. The summed E-state index contributed by atoms with van der Waals surface area (Å²) in [6.07, 6.45) is 0.0489. The van der Waals surface area contributed by atoms with Gasteiger partial charge >= 0.3 is 34.8 Å². The molecule has 26 nitrogen and oxygen atoms in total. The summed E-state index contributed by atoms with van der Waals surface area (Å²) >= 11 is 1.03. The van der Waals surface area contributed by atoms with Crippen molar-refractivity contribution >= 4 is 78.1 Å². The molecule has 1 fully saturated rings. The lowest BCUT2D eigenvalue weighted by molar-refractivity contribution is -0.120. The molecule has 0 saturated carbocycles. The number of benzene rings is 2. The van der Waals surface area contributed by atoms with Crippen LogP contribution in [0.25, 0.3) is 37.8 Å². The number of amides is 1. The van der Waals surface area contributed by atoms with E-state index in [1.54, 1.807) is 24.3 Å². The molecule has 0 radical (unpaired) electrons. The van der Waals surface area contributed by atoms with Crippen LogP contribution in [0.3, 0.4) is 0 Å². The fraction of sp³-hybridized carbons (Fsp3) is 0.324. The van der Waals surface area contributed by atoms with Crippen molar-refractivity contribution in [3.63, 3.8) is 0 Å². The highest BCUT2D eigenvalue weighted by molar-refractivity contribution is 7.85. The molecule has 352 valence electrons. The lowest BCUT2D eigenvalue weighted by atomic mass is 10.2. The number of phosphoric ester groups is 1. The molecule has 3 aromatic heterocycles. The number of aliphatic hydroxyl groups is 1. The van der Waals surface area contributed by atoms with E-state index >= 15 is 0 Å². The molecule has 1 saturated heterocycles. The van der Waals surface area contributed by atoms with Crippen LogP contribution < -0.4 is 32.2 Å². The lowest BCUT2D eigenvalue weighted by Gasteiger charge is -2.19. The summed E-state index contributed by atoms with van der Waals surface area (Å²) in [5.74, 6) is 0.185. The summed E-state index contributed by atoms with van der Waals surface area (Å²) in [6, 6.07) is 10.2. The highest BCUT2D eigenvalue weighted by atomic mass is 32.2. The Morgan fingerprint density at radius 1 is 1.05 bits per heavy atom. The minimum atomic E-state index is -5.78. The second kappa shape index (κ2) is 20.5. The van der Waals surface area contributed by atoms with Gasteiger partial charge in [0.1, 0.15) is 45.4 Å². The van der Waals surface area contributed by atoms with Crippen LogP contribution >= 0.6 is 34.8 Å². The fourth-order valence-corrected chi connectivity index (χ4v) is 10.7. The van der Waals surface area contributed by atoms with E-state index in [1.165, 1.54) is 24.3 Å². The molecule has 31 heteroatoms. The highest BCUT2D eigenvalue weighted by Crippen LogP contribution is 2.66. The number of phosphoric acid groups is 3. The van der Waals surface area contributed by atoms with Crippen LogP contribution in [-0.4, -0.2) is 103 Å². The molecule has 1 amide bonds.